The van der Waals surface area contributed by atoms with Crippen molar-refractivity contribution in [3.05, 3.63) is 35.9 Å². The van der Waals surface area contributed by atoms with E-state index in [1.807, 2.05) is 0 Å². The van der Waals surface area contributed by atoms with Crippen LogP contribution in [0.15, 0.2) is 30.3 Å². The lowest BCUT2D eigenvalue weighted by Gasteiger charge is -2.45. The van der Waals surface area contributed by atoms with Gasteiger partial charge in [0.25, 0.3) is 0 Å². The molecule has 1 aliphatic carbocycles. The Morgan fingerprint density at radius 2 is 1.71 bits per heavy atom. The third-order valence-corrected chi connectivity index (χ3v) is 5.67. The average molecular weight is 287 g/mol. The lowest BCUT2D eigenvalue weighted by Crippen LogP contribution is -2.51. The van der Waals surface area contributed by atoms with Gasteiger partial charge in [-0.2, -0.15) is 0 Å². The smallest absolute Gasteiger partial charge is 0.0695 e. The van der Waals surface area contributed by atoms with E-state index < -0.39 is 0 Å². The van der Waals surface area contributed by atoms with Crippen molar-refractivity contribution in [1.82, 2.24) is 4.90 Å². The normalized spacial score (nSPS) is 33.8. The van der Waals surface area contributed by atoms with Gasteiger partial charge < -0.3 is 5.11 Å². The predicted octanol–water partition coefficient (Wildman–Crippen LogP) is 3.81. The Morgan fingerprint density at radius 3 is 2.38 bits per heavy atom. The largest absolute Gasteiger partial charge is 0.391 e. The van der Waals surface area contributed by atoms with Crippen molar-refractivity contribution in [2.24, 2.45) is 5.41 Å². The van der Waals surface area contributed by atoms with Crippen molar-refractivity contribution in [1.29, 1.82) is 0 Å². The molecule has 1 aromatic rings. The zero-order valence-electron chi connectivity index (χ0n) is 13.5. The van der Waals surface area contributed by atoms with Gasteiger partial charge in [0.15, 0.2) is 0 Å². The molecule has 3 rings (SSSR count). The van der Waals surface area contributed by atoms with Crippen LogP contribution in [0.5, 0.6) is 0 Å². The van der Waals surface area contributed by atoms with Crippen LogP contribution in [0.25, 0.3) is 0 Å². The van der Waals surface area contributed by atoms with Crippen LogP contribution in [-0.2, 0) is 0 Å². The summed E-state index contributed by atoms with van der Waals surface area (Å²) in [5.74, 6) is 0.620. The van der Waals surface area contributed by atoms with Crippen LogP contribution in [0, 0.1) is 5.41 Å². The first-order valence-electron chi connectivity index (χ1n) is 8.52. The minimum atomic E-state index is -0.133. The number of hydrogen-bond donors (Lipinski definition) is 1. The highest BCUT2D eigenvalue weighted by Gasteiger charge is 2.36. The molecule has 2 nitrogen and oxygen atoms in total. The van der Waals surface area contributed by atoms with Crippen LogP contribution in [0.1, 0.15) is 57.4 Å². The molecule has 2 fully saturated rings. The molecule has 1 N–H and O–H groups in total. The van der Waals surface area contributed by atoms with E-state index in [2.05, 4.69) is 49.1 Å². The van der Waals surface area contributed by atoms with Gasteiger partial charge in [-0.3, -0.25) is 4.90 Å². The molecule has 1 saturated heterocycles. The minimum Gasteiger partial charge on any atom is -0.391 e. The first kappa shape index (κ1) is 15.1. The van der Waals surface area contributed by atoms with E-state index >= 15 is 0 Å². The Morgan fingerprint density at radius 1 is 1.05 bits per heavy atom. The maximum Gasteiger partial charge on any atom is 0.0695 e. The monoisotopic (exact) mass is 287 g/mol. The molecule has 1 aliphatic heterocycles. The van der Waals surface area contributed by atoms with Gasteiger partial charge in [-0.1, -0.05) is 44.2 Å². The van der Waals surface area contributed by atoms with Crippen LogP contribution in [-0.4, -0.2) is 35.2 Å². The van der Waals surface area contributed by atoms with Crippen molar-refractivity contribution in [3.63, 3.8) is 0 Å². The van der Waals surface area contributed by atoms with Crippen molar-refractivity contribution in [2.75, 3.05) is 13.1 Å². The number of nitrogens with zero attached hydrogens (tertiary/aromatic N) is 1. The molecule has 3 unspecified atom stereocenters. The van der Waals surface area contributed by atoms with Gasteiger partial charge in [-0.15, -0.1) is 0 Å². The third kappa shape index (κ3) is 3.49. The molecular weight excluding hydrogens is 258 g/mol. The Bertz CT molecular complexity index is 446. The number of hydrogen-bond acceptors (Lipinski definition) is 2. The number of likely N-dealkylation sites (tertiary alicyclic amines) is 1. The second-order valence-corrected chi connectivity index (χ2v) is 7.76. The second-order valence-electron chi connectivity index (χ2n) is 7.76. The summed E-state index contributed by atoms with van der Waals surface area (Å²) in [5, 5.41) is 10.5. The van der Waals surface area contributed by atoms with Crippen molar-refractivity contribution < 1.29 is 5.11 Å². The fraction of sp³-hybridized carbons (Fsp3) is 0.684. The topological polar surface area (TPSA) is 23.5 Å². The Labute approximate surface area is 129 Å². The molecule has 0 amide bonds. The summed E-state index contributed by atoms with van der Waals surface area (Å²) in [4.78, 5) is 2.56. The molecule has 0 radical (unpaired) electrons. The van der Waals surface area contributed by atoms with Gasteiger partial charge in [-0.05, 0) is 62.1 Å². The summed E-state index contributed by atoms with van der Waals surface area (Å²) in [7, 11) is 0. The van der Waals surface area contributed by atoms with Crippen LogP contribution in [0.4, 0.5) is 0 Å². The quantitative estimate of drug-likeness (QED) is 0.894. The zero-order valence-corrected chi connectivity index (χ0v) is 13.5. The predicted molar refractivity (Wildman–Crippen MR) is 87.4 cm³/mol. The molecule has 1 saturated carbocycles. The highest BCUT2D eigenvalue weighted by atomic mass is 16.3. The lowest BCUT2D eigenvalue weighted by molar-refractivity contribution is -0.0111. The van der Waals surface area contributed by atoms with Crippen molar-refractivity contribution in [3.8, 4) is 0 Å². The number of aliphatic hydroxyl groups is 1. The number of piperidine rings is 1. The van der Waals surface area contributed by atoms with Gasteiger partial charge in [0.1, 0.15) is 0 Å². The van der Waals surface area contributed by atoms with Gasteiger partial charge in [0.05, 0.1) is 6.10 Å². The first-order chi connectivity index (χ1) is 10.1. The molecule has 0 aromatic heterocycles. The first-order valence-corrected chi connectivity index (χ1v) is 8.52. The molecule has 1 heterocycles. The molecule has 0 bridgehead atoms. The molecular formula is C19H29NO. The maximum absolute atomic E-state index is 10.5. The van der Waals surface area contributed by atoms with Crippen molar-refractivity contribution >= 4 is 0 Å². The molecule has 3 atom stereocenters. The fourth-order valence-corrected chi connectivity index (χ4v) is 4.01. The van der Waals surface area contributed by atoms with E-state index in [0.717, 1.165) is 32.4 Å². The molecule has 116 valence electrons. The fourth-order valence-electron chi connectivity index (χ4n) is 4.01. The highest BCUT2D eigenvalue weighted by molar-refractivity contribution is 5.20. The van der Waals surface area contributed by atoms with Gasteiger partial charge in [-0.25, -0.2) is 0 Å². The van der Waals surface area contributed by atoms with E-state index in [9.17, 15) is 5.11 Å². The molecule has 0 spiro atoms. The summed E-state index contributed by atoms with van der Waals surface area (Å²) in [5.41, 5.74) is 1.93. The van der Waals surface area contributed by atoms with Gasteiger partial charge in [0, 0.05) is 6.04 Å². The Kier molecular flexibility index (Phi) is 4.37. The number of rotatable bonds is 2. The zero-order chi connectivity index (χ0) is 14.9. The Balaban J connectivity index is 1.67. The summed E-state index contributed by atoms with van der Waals surface area (Å²) in [6.45, 7) is 7.04. The van der Waals surface area contributed by atoms with Gasteiger partial charge in [0.2, 0.25) is 0 Å². The Hall–Kier alpha value is -0.860. The summed E-state index contributed by atoms with van der Waals surface area (Å²) in [6.07, 6.45) is 5.57. The number of aliphatic hydroxyl groups excluding tert-OH is 1. The van der Waals surface area contributed by atoms with Crippen LogP contribution in [0.2, 0.25) is 0 Å². The minimum absolute atomic E-state index is 0.133. The van der Waals surface area contributed by atoms with Crippen LogP contribution < -0.4 is 0 Å². The van der Waals surface area contributed by atoms with Gasteiger partial charge >= 0.3 is 0 Å². The third-order valence-electron chi connectivity index (χ3n) is 5.67. The van der Waals surface area contributed by atoms with Crippen LogP contribution in [0.3, 0.4) is 0 Å². The molecule has 1 aromatic carbocycles. The van der Waals surface area contributed by atoms with E-state index in [1.165, 1.54) is 18.4 Å². The summed E-state index contributed by atoms with van der Waals surface area (Å²) >= 11 is 0. The standard InChI is InChI=1S/C19H29NO/c1-19(2)10-12-20(13-11-19)17-14-16(8-9-18(17)21)15-6-4-3-5-7-15/h3-7,16-18,21H,8-14H2,1-2H3. The van der Waals surface area contributed by atoms with Crippen LogP contribution >= 0.6 is 0 Å². The summed E-state index contributed by atoms with van der Waals surface area (Å²) < 4.78 is 0. The molecule has 2 heteroatoms. The molecule has 2 aliphatic rings. The van der Waals surface area contributed by atoms with E-state index in [1.54, 1.807) is 0 Å². The summed E-state index contributed by atoms with van der Waals surface area (Å²) in [6, 6.07) is 11.2. The SMILES string of the molecule is CC1(C)CCN(C2CC(c3ccccc3)CCC2O)CC1. The maximum atomic E-state index is 10.5. The van der Waals surface area contributed by atoms with E-state index in [-0.39, 0.29) is 6.10 Å². The lowest BCUT2D eigenvalue weighted by atomic mass is 9.77. The van der Waals surface area contributed by atoms with E-state index in [4.69, 9.17) is 0 Å². The number of benzene rings is 1. The highest BCUT2D eigenvalue weighted by Crippen LogP contribution is 2.38. The second kappa shape index (κ2) is 6.10. The average Bonchev–Trinajstić information content (AvgIpc) is 2.49. The van der Waals surface area contributed by atoms with E-state index in [0.29, 0.717) is 17.4 Å². The van der Waals surface area contributed by atoms with Crippen molar-refractivity contribution in [2.45, 2.75) is 64.0 Å². The molecule has 21 heavy (non-hydrogen) atoms.